The number of aromatic nitrogens is 4. The molecule has 1 aromatic carbocycles. The van der Waals surface area contributed by atoms with Gasteiger partial charge in [-0.3, -0.25) is 0 Å². The monoisotopic (exact) mass is 329 g/mol. The second-order valence-corrected chi connectivity index (χ2v) is 6.93. The van der Waals surface area contributed by atoms with Gasteiger partial charge in [-0.2, -0.15) is 9.61 Å². The minimum absolute atomic E-state index is 0.446. The molecule has 2 aromatic heterocycles. The van der Waals surface area contributed by atoms with Crippen LogP contribution < -0.4 is 4.74 Å². The first-order chi connectivity index (χ1) is 11.2. The van der Waals surface area contributed by atoms with Crippen molar-refractivity contribution in [2.75, 3.05) is 27.2 Å². The normalized spacial score (nSPS) is 17.0. The number of hydrogen-bond acceptors (Lipinski definition) is 6. The zero-order valence-corrected chi connectivity index (χ0v) is 14.1. The number of likely N-dealkylation sites (tertiary alicyclic amines) is 1. The molecule has 0 amide bonds. The van der Waals surface area contributed by atoms with Crippen molar-refractivity contribution in [3.63, 3.8) is 0 Å². The number of fused-ring (bicyclic) bond motifs is 1. The summed E-state index contributed by atoms with van der Waals surface area (Å²) in [4.78, 5) is 3.22. The van der Waals surface area contributed by atoms with Crippen molar-refractivity contribution >= 4 is 16.3 Å². The molecule has 0 atom stereocenters. The first-order valence-corrected chi connectivity index (χ1v) is 8.61. The van der Waals surface area contributed by atoms with Crippen LogP contribution in [0.5, 0.6) is 5.75 Å². The lowest BCUT2D eigenvalue weighted by molar-refractivity contribution is 0.250. The third kappa shape index (κ3) is 2.70. The number of methoxy groups -OCH3 is 1. The Morgan fingerprint density at radius 2 is 2.04 bits per heavy atom. The average molecular weight is 329 g/mol. The molecule has 4 rings (SSSR count). The molecule has 1 fully saturated rings. The Kier molecular flexibility index (Phi) is 3.74. The fraction of sp³-hybridized carbons (Fsp3) is 0.438. The number of rotatable bonds is 3. The molecule has 0 bridgehead atoms. The maximum atomic E-state index is 5.30. The molecule has 3 heterocycles. The topological polar surface area (TPSA) is 55.6 Å². The third-order valence-corrected chi connectivity index (χ3v) is 5.36. The zero-order valence-electron chi connectivity index (χ0n) is 13.3. The number of hydrogen-bond donors (Lipinski definition) is 0. The molecule has 1 aliphatic heterocycles. The van der Waals surface area contributed by atoms with E-state index in [1.54, 1.807) is 18.4 Å². The first-order valence-electron chi connectivity index (χ1n) is 7.79. The van der Waals surface area contributed by atoms with Crippen LogP contribution in [-0.4, -0.2) is 52.0 Å². The van der Waals surface area contributed by atoms with Gasteiger partial charge in [-0.1, -0.05) is 23.5 Å². The Bertz CT molecular complexity index is 819. The Morgan fingerprint density at radius 1 is 1.22 bits per heavy atom. The molecule has 1 saturated heterocycles. The van der Waals surface area contributed by atoms with Crippen LogP contribution >= 0.6 is 11.3 Å². The number of benzene rings is 1. The largest absolute Gasteiger partial charge is 0.497 e. The van der Waals surface area contributed by atoms with E-state index >= 15 is 0 Å². The van der Waals surface area contributed by atoms with Gasteiger partial charge in [0.25, 0.3) is 0 Å². The molecular formula is C16H19N5OS. The minimum Gasteiger partial charge on any atom is -0.497 e. The highest BCUT2D eigenvalue weighted by atomic mass is 32.1. The summed E-state index contributed by atoms with van der Waals surface area (Å²) in [6.45, 7) is 2.21. The van der Waals surface area contributed by atoms with E-state index in [0.29, 0.717) is 5.92 Å². The summed E-state index contributed by atoms with van der Waals surface area (Å²) in [6, 6.07) is 7.96. The van der Waals surface area contributed by atoms with E-state index in [1.807, 2.05) is 28.8 Å². The van der Waals surface area contributed by atoms with Gasteiger partial charge in [0.2, 0.25) is 4.96 Å². The Morgan fingerprint density at radius 3 is 2.83 bits per heavy atom. The second kappa shape index (κ2) is 5.90. The predicted molar refractivity (Wildman–Crippen MR) is 90.1 cm³/mol. The van der Waals surface area contributed by atoms with Crippen LogP contribution in [0.4, 0.5) is 0 Å². The lowest BCUT2D eigenvalue weighted by Crippen LogP contribution is -2.30. The summed E-state index contributed by atoms with van der Waals surface area (Å²) in [5.41, 5.74) is 1.05. The van der Waals surface area contributed by atoms with Crippen molar-refractivity contribution in [2.24, 2.45) is 0 Å². The van der Waals surface area contributed by atoms with Gasteiger partial charge < -0.3 is 9.64 Å². The number of ether oxygens (including phenoxy) is 1. The summed E-state index contributed by atoms with van der Waals surface area (Å²) in [6.07, 6.45) is 2.23. The van der Waals surface area contributed by atoms with Crippen LogP contribution in [0.25, 0.3) is 15.5 Å². The summed E-state index contributed by atoms with van der Waals surface area (Å²) >= 11 is 1.57. The van der Waals surface area contributed by atoms with Crippen LogP contribution in [0.15, 0.2) is 24.3 Å². The van der Waals surface area contributed by atoms with Crippen LogP contribution in [0, 0.1) is 0 Å². The van der Waals surface area contributed by atoms with Crippen molar-refractivity contribution in [1.82, 2.24) is 24.7 Å². The van der Waals surface area contributed by atoms with Gasteiger partial charge >= 0.3 is 0 Å². The molecule has 23 heavy (non-hydrogen) atoms. The molecule has 0 spiro atoms. The van der Waals surface area contributed by atoms with Crippen LogP contribution in [0.2, 0.25) is 0 Å². The maximum Gasteiger partial charge on any atom is 0.234 e. The van der Waals surface area contributed by atoms with Gasteiger partial charge in [0.1, 0.15) is 10.8 Å². The van der Waals surface area contributed by atoms with Gasteiger partial charge in [-0.25, -0.2) is 0 Å². The van der Waals surface area contributed by atoms with E-state index in [0.717, 1.165) is 53.0 Å². The second-order valence-electron chi connectivity index (χ2n) is 5.97. The zero-order chi connectivity index (χ0) is 15.8. The molecule has 0 saturated carbocycles. The Balaban J connectivity index is 1.68. The Hall–Kier alpha value is -1.99. The van der Waals surface area contributed by atoms with Crippen LogP contribution in [-0.2, 0) is 0 Å². The third-order valence-electron chi connectivity index (χ3n) is 4.42. The highest BCUT2D eigenvalue weighted by molar-refractivity contribution is 7.19. The highest BCUT2D eigenvalue weighted by Gasteiger charge is 2.24. The number of nitrogens with zero attached hydrogens (tertiary/aromatic N) is 5. The van der Waals surface area contributed by atoms with Crippen LogP contribution in [0.1, 0.15) is 24.6 Å². The van der Waals surface area contributed by atoms with Gasteiger partial charge in [0.15, 0.2) is 5.82 Å². The lowest BCUT2D eigenvalue weighted by Gasteiger charge is -2.27. The first kappa shape index (κ1) is 14.6. The molecule has 0 N–H and O–H groups in total. The SMILES string of the molecule is COc1cccc(-c2nn3c(C4CCN(C)CC4)nnc3s2)c1. The van der Waals surface area contributed by atoms with E-state index in [2.05, 4.69) is 22.1 Å². The van der Waals surface area contributed by atoms with Gasteiger partial charge in [0, 0.05) is 11.5 Å². The fourth-order valence-corrected chi connectivity index (χ4v) is 3.87. The summed E-state index contributed by atoms with van der Waals surface area (Å²) in [7, 11) is 3.84. The molecule has 1 aliphatic rings. The molecule has 7 heteroatoms. The molecule has 120 valence electrons. The van der Waals surface area contributed by atoms with Gasteiger partial charge in [-0.15, -0.1) is 10.2 Å². The molecule has 0 unspecified atom stereocenters. The summed E-state index contributed by atoms with van der Waals surface area (Å²) in [5.74, 6) is 2.28. The summed E-state index contributed by atoms with van der Waals surface area (Å²) < 4.78 is 7.22. The minimum atomic E-state index is 0.446. The van der Waals surface area contributed by atoms with Crippen molar-refractivity contribution < 1.29 is 4.74 Å². The fourth-order valence-electron chi connectivity index (χ4n) is 3.03. The lowest BCUT2D eigenvalue weighted by atomic mass is 9.96. The van der Waals surface area contributed by atoms with E-state index < -0.39 is 0 Å². The predicted octanol–water partition coefficient (Wildman–Crippen LogP) is 2.67. The van der Waals surface area contributed by atoms with Crippen LogP contribution in [0.3, 0.4) is 0 Å². The average Bonchev–Trinajstić information content (AvgIpc) is 3.16. The standard InChI is InChI=1S/C16H19N5OS/c1-20-8-6-11(7-9-20)14-17-18-16-21(14)19-15(23-16)12-4-3-5-13(10-12)22-2/h3-5,10-11H,6-9H2,1-2H3. The van der Waals surface area contributed by atoms with Crippen molar-refractivity contribution in [2.45, 2.75) is 18.8 Å². The van der Waals surface area contributed by atoms with Crippen molar-refractivity contribution in [3.8, 4) is 16.3 Å². The van der Waals surface area contributed by atoms with E-state index in [-0.39, 0.29) is 0 Å². The highest BCUT2D eigenvalue weighted by Crippen LogP contribution is 2.31. The molecule has 0 radical (unpaired) electrons. The quantitative estimate of drug-likeness (QED) is 0.739. The smallest absolute Gasteiger partial charge is 0.234 e. The van der Waals surface area contributed by atoms with Gasteiger partial charge in [-0.05, 0) is 45.1 Å². The summed E-state index contributed by atoms with van der Waals surface area (Å²) in [5, 5.41) is 14.4. The molecule has 3 aromatic rings. The van der Waals surface area contributed by atoms with Gasteiger partial charge in [0.05, 0.1) is 7.11 Å². The molecule has 6 nitrogen and oxygen atoms in total. The van der Waals surface area contributed by atoms with E-state index in [9.17, 15) is 0 Å². The number of piperidine rings is 1. The Labute approximate surface area is 138 Å². The maximum absolute atomic E-state index is 5.30. The van der Waals surface area contributed by atoms with Crippen molar-refractivity contribution in [3.05, 3.63) is 30.1 Å². The molecular weight excluding hydrogens is 310 g/mol. The van der Waals surface area contributed by atoms with E-state index in [1.165, 1.54) is 0 Å². The molecule has 0 aliphatic carbocycles. The van der Waals surface area contributed by atoms with Crippen molar-refractivity contribution in [1.29, 1.82) is 0 Å². The van der Waals surface area contributed by atoms with E-state index in [4.69, 9.17) is 9.84 Å².